The van der Waals surface area contributed by atoms with Crippen molar-refractivity contribution in [1.29, 1.82) is 0 Å². The molecule has 0 radical (unpaired) electrons. The molecule has 2 saturated heterocycles. The Hall–Kier alpha value is -2.61. The van der Waals surface area contributed by atoms with Gasteiger partial charge < -0.3 is 25.0 Å². The number of nitrogens with zero attached hydrogens (tertiary/aromatic N) is 2. The van der Waals surface area contributed by atoms with Gasteiger partial charge in [-0.05, 0) is 68.8 Å². The maximum atomic E-state index is 13.6. The van der Waals surface area contributed by atoms with Crippen molar-refractivity contribution in [3.8, 4) is 0 Å². The van der Waals surface area contributed by atoms with Crippen molar-refractivity contribution in [2.75, 3.05) is 26.2 Å². The number of nitrogens with one attached hydrogen (secondary N) is 1. The third-order valence-corrected chi connectivity index (χ3v) is 10.2. The zero-order valence-corrected chi connectivity index (χ0v) is 20.7. The van der Waals surface area contributed by atoms with Gasteiger partial charge in [0.1, 0.15) is 0 Å². The molecule has 4 saturated carbocycles. The molecular weight excluding hydrogens is 458 g/mol. The lowest BCUT2D eigenvalue weighted by Crippen LogP contribution is -2.61. The van der Waals surface area contributed by atoms with Crippen LogP contribution in [0.3, 0.4) is 0 Å². The largest absolute Gasteiger partial charge is 0.449 e. The highest BCUT2D eigenvalue weighted by Crippen LogP contribution is 2.60. The number of rotatable bonds is 2. The fourth-order valence-corrected chi connectivity index (χ4v) is 8.68. The van der Waals surface area contributed by atoms with Crippen molar-refractivity contribution in [2.45, 2.75) is 69.1 Å². The number of hydrogen-bond acceptors (Lipinski definition) is 5. The van der Waals surface area contributed by atoms with Gasteiger partial charge in [-0.2, -0.15) is 0 Å². The summed E-state index contributed by atoms with van der Waals surface area (Å²) in [6, 6.07) is 7.39. The molecule has 3 amide bonds. The van der Waals surface area contributed by atoms with Crippen LogP contribution in [-0.2, 0) is 15.1 Å². The Balaban J connectivity index is 1.01. The minimum atomic E-state index is -0.740. The number of urea groups is 1. The van der Waals surface area contributed by atoms with E-state index >= 15 is 0 Å². The minimum absolute atomic E-state index is 0.0378. The van der Waals surface area contributed by atoms with E-state index in [4.69, 9.17) is 4.74 Å². The van der Waals surface area contributed by atoms with E-state index in [0.717, 1.165) is 50.5 Å². The van der Waals surface area contributed by atoms with E-state index in [2.05, 4.69) is 5.32 Å². The maximum absolute atomic E-state index is 13.6. The molecule has 2 unspecified atom stereocenters. The molecule has 8 rings (SSSR count). The van der Waals surface area contributed by atoms with Crippen molar-refractivity contribution in [1.82, 2.24) is 15.1 Å². The highest BCUT2D eigenvalue weighted by molar-refractivity contribution is 5.95. The van der Waals surface area contributed by atoms with Crippen LogP contribution in [0.1, 0.15) is 67.3 Å². The van der Waals surface area contributed by atoms with Crippen LogP contribution in [-0.4, -0.2) is 71.1 Å². The maximum Gasteiger partial charge on any atom is 0.339 e. The summed E-state index contributed by atoms with van der Waals surface area (Å²) in [5.74, 6) is 0.936. The molecular formula is C28H35N3O5. The number of piperidine rings is 1. The molecule has 1 aromatic carbocycles. The molecule has 3 aliphatic heterocycles. The highest BCUT2D eigenvalue weighted by Gasteiger charge is 2.58. The van der Waals surface area contributed by atoms with E-state index in [9.17, 15) is 19.5 Å². The van der Waals surface area contributed by atoms with E-state index in [0.29, 0.717) is 44.1 Å². The predicted octanol–water partition coefficient (Wildman–Crippen LogP) is 2.65. The molecule has 3 heterocycles. The van der Waals surface area contributed by atoms with Crippen molar-refractivity contribution in [2.24, 2.45) is 23.2 Å². The molecule has 0 aromatic heterocycles. The molecule has 8 nitrogen and oxygen atoms in total. The monoisotopic (exact) mass is 493 g/mol. The summed E-state index contributed by atoms with van der Waals surface area (Å²) in [6.07, 6.45) is 6.78. The van der Waals surface area contributed by atoms with Crippen molar-refractivity contribution >= 4 is 17.9 Å². The smallest absolute Gasteiger partial charge is 0.339 e. The fourth-order valence-electron chi connectivity index (χ4n) is 8.68. The van der Waals surface area contributed by atoms with Gasteiger partial charge >= 0.3 is 12.0 Å². The lowest BCUT2D eigenvalue weighted by molar-refractivity contribution is -0.163. The number of carbonyl (C=O) groups excluding carboxylic acids is 3. The van der Waals surface area contributed by atoms with Crippen LogP contribution in [0.2, 0.25) is 0 Å². The number of aliphatic hydroxyl groups excluding tert-OH is 1. The Labute approximate surface area is 211 Å². The second-order valence-electron chi connectivity index (χ2n) is 12.4. The Bertz CT molecular complexity index is 1110. The van der Waals surface area contributed by atoms with Crippen LogP contribution < -0.4 is 5.32 Å². The fraction of sp³-hybridized carbons (Fsp3) is 0.679. The summed E-state index contributed by atoms with van der Waals surface area (Å²) >= 11 is 0. The SMILES string of the molecule is O=C1O[C@]2(CCN(C(=O)N3CCC[C@H](NC(=O)C45CC6CC(C4)C(O)C(C6)C5)C3)C2)c2ccccc21. The van der Waals surface area contributed by atoms with Crippen molar-refractivity contribution in [3.63, 3.8) is 0 Å². The Morgan fingerprint density at radius 3 is 2.64 bits per heavy atom. The Morgan fingerprint density at radius 1 is 1.06 bits per heavy atom. The van der Waals surface area contributed by atoms with E-state index < -0.39 is 5.60 Å². The van der Waals surface area contributed by atoms with Gasteiger partial charge in [0.15, 0.2) is 5.60 Å². The van der Waals surface area contributed by atoms with E-state index in [-0.39, 0.29) is 47.3 Å². The van der Waals surface area contributed by atoms with Crippen LogP contribution in [0.15, 0.2) is 24.3 Å². The number of likely N-dealkylation sites (tertiary alicyclic amines) is 2. The van der Waals surface area contributed by atoms with Crippen LogP contribution in [0.25, 0.3) is 0 Å². The lowest BCUT2D eigenvalue weighted by atomic mass is 9.48. The summed E-state index contributed by atoms with van der Waals surface area (Å²) in [6.45, 7) is 2.11. The molecule has 8 heteroatoms. The Kier molecular flexibility index (Phi) is 4.98. The number of aliphatic hydroxyl groups is 1. The van der Waals surface area contributed by atoms with Gasteiger partial charge in [-0.15, -0.1) is 0 Å². The van der Waals surface area contributed by atoms with Crippen molar-refractivity contribution < 1.29 is 24.2 Å². The first kappa shape index (κ1) is 22.6. The summed E-state index contributed by atoms with van der Waals surface area (Å²) in [5, 5.41) is 13.9. The zero-order valence-electron chi connectivity index (χ0n) is 20.7. The Morgan fingerprint density at radius 2 is 1.83 bits per heavy atom. The van der Waals surface area contributed by atoms with Crippen molar-refractivity contribution in [3.05, 3.63) is 35.4 Å². The number of carbonyl (C=O) groups is 3. The molecule has 192 valence electrons. The number of hydrogen-bond donors (Lipinski definition) is 2. The summed E-state index contributed by atoms with van der Waals surface area (Å²) in [7, 11) is 0. The zero-order chi connectivity index (χ0) is 24.7. The third kappa shape index (κ3) is 3.32. The van der Waals surface area contributed by atoms with Crippen LogP contribution in [0.5, 0.6) is 0 Å². The number of benzene rings is 1. The third-order valence-electron chi connectivity index (χ3n) is 10.2. The van der Waals surface area contributed by atoms with Gasteiger partial charge in [0.05, 0.1) is 23.6 Å². The van der Waals surface area contributed by atoms with Gasteiger partial charge in [-0.1, -0.05) is 18.2 Å². The normalized spacial score (nSPS) is 40.5. The standard InChI is InChI=1S/C28H35N3O5/c32-23-18-10-17-11-19(23)14-27(12-17,13-18)25(34)29-20-4-3-8-30(15-20)26(35)31-9-7-28(16-31)22-6-2-1-5-21(22)24(33)36-28/h1-2,5-6,17-20,23,32H,3-4,7-16H2,(H,29,34)/t17?,18?,19?,20-,23?,27?,28-/m0/s1. The molecule has 7 aliphatic rings. The first-order valence-electron chi connectivity index (χ1n) is 13.7. The first-order chi connectivity index (χ1) is 17.4. The van der Waals surface area contributed by atoms with Crippen LogP contribution in [0.4, 0.5) is 4.79 Å². The molecule has 1 spiro atoms. The summed E-state index contributed by atoms with van der Waals surface area (Å²) in [5.41, 5.74) is 0.415. The van der Waals surface area contributed by atoms with Crippen LogP contribution in [0, 0.1) is 23.2 Å². The molecule has 4 aliphatic carbocycles. The van der Waals surface area contributed by atoms with Gasteiger partial charge in [-0.3, -0.25) is 4.79 Å². The predicted molar refractivity (Wildman–Crippen MR) is 130 cm³/mol. The summed E-state index contributed by atoms with van der Waals surface area (Å²) in [4.78, 5) is 43.1. The first-order valence-corrected chi connectivity index (χ1v) is 13.7. The number of ether oxygens (including phenoxy) is 1. The van der Waals surface area contributed by atoms with Crippen LogP contribution >= 0.6 is 0 Å². The molecule has 4 atom stereocenters. The van der Waals surface area contributed by atoms with E-state index in [1.807, 2.05) is 23.1 Å². The minimum Gasteiger partial charge on any atom is -0.449 e. The second kappa shape index (κ2) is 7.94. The summed E-state index contributed by atoms with van der Waals surface area (Å²) < 4.78 is 5.82. The van der Waals surface area contributed by atoms with Gasteiger partial charge in [0, 0.05) is 37.7 Å². The quantitative estimate of drug-likeness (QED) is 0.617. The van der Waals surface area contributed by atoms with Gasteiger partial charge in [0.25, 0.3) is 0 Å². The molecule has 6 fully saturated rings. The van der Waals surface area contributed by atoms with Gasteiger partial charge in [-0.25, -0.2) is 9.59 Å². The molecule has 36 heavy (non-hydrogen) atoms. The number of amides is 3. The van der Waals surface area contributed by atoms with Gasteiger partial charge in [0.2, 0.25) is 5.91 Å². The average molecular weight is 494 g/mol. The van der Waals surface area contributed by atoms with E-state index in [1.165, 1.54) is 0 Å². The second-order valence-corrected chi connectivity index (χ2v) is 12.4. The topological polar surface area (TPSA) is 99.2 Å². The lowest BCUT2D eigenvalue weighted by Gasteiger charge is -2.58. The number of fused-ring (bicyclic) bond motifs is 2. The number of esters is 1. The van der Waals surface area contributed by atoms with E-state index in [1.54, 1.807) is 11.0 Å². The molecule has 2 N–H and O–H groups in total. The molecule has 1 aromatic rings. The molecule has 4 bridgehead atoms. The highest BCUT2D eigenvalue weighted by atomic mass is 16.6. The average Bonchev–Trinajstić information content (AvgIpc) is 3.43.